The Bertz CT molecular complexity index is 526. The van der Waals surface area contributed by atoms with Gasteiger partial charge in [-0.3, -0.25) is 0 Å². The molecule has 1 aromatic heterocycles. The molecule has 2 rings (SSSR count). The highest BCUT2D eigenvalue weighted by Gasteiger charge is 2.32. The van der Waals surface area contributed by atoms with Crippen LogP contribution >= 0.6 is 0 Å². The topological polar surface area (TPSA) is 46.0 Å². The zero-order chi connectivity index (χ0) is 13.9. The van der Waals surface area contributed by atoms with E-state index in [9.17, 15) is 18.3 Å². The van der Waals surface area contributed by atoms with E-state index in [0.717, 1.165) is 6.07 Å². The molecule has 1 aromatic carbocycles. The van der Waals surface area contributed by atoms with Gasteiger partial charge in [0.15, 0.2) is 5.69 Å². The molecule has 0 fully saturated rings. The highest BCUT2D eigenvalue weighted by molar-refractivity contribution is 5.19. The van der Waals surface area contributed by atoms with Crippen LogP contribution in [0.4, 0.5) is 13.2 Å². The van der Waals surface area contributed by atoms with E-state index < -0.39 is 18.0 Å². The Morgan fingerprint density at radius 1 is 1.00 bits per heavy atom. The Morgan fingerprint density at radius 2 is 1.68 bits per heavy atom. The first kappa shape index (κ1) is 13.5. The summed E-state index contributed by atoms with van der Waals surface area (Å²) in [7, 11) is 0. The first-order valence-corrected chi connectivity index (χ1v) is 5.59. The average molecular weight is 268 g/mol. The van der Waals surface area contributed by atoms with Crippen LogP contribution in [-0.2, 0) is 12.6 Å². The Kier molecular flexibility index (Phi) is 3.80. The number of hydrogen-bond donors (Lipinski definition) is 1. The number of benzene rings is 1. The number of aliphatic hydroxyl groups excluding tert-OH is 1. The van der Waals surface area contributed by atoms with E-state index in [1.165, 1.54) is 6.07 Å². The van der Waals surface area contributed by atoms with Crippen molar-refractivity contribution in [1.82, 2.24) is 10.2 Å². The van der Waals surface area contributed by atoms with Crippen LogP contribution in [-0.4, -0.2) is 15.3 Å². The molecule has 0 aliphatic heterocycles. The normalized spacial score (nSPS) is 13.3. The number of alkyl halides is 3. The van der Waals surface area contributed by atoms with E-state index >= 15 is 0 Å². The summed E-state index contributed by atoms with van der Waals surface area (Å²) in [6, 6.07) is 10.9. The van der Waals surface area contributed by atoms with Gasteiger partial charge in [-0.05, 0) is 17.7 Å². The van der Waals surface area contributed by atoms with Gasteiger partial charge in [-0.15, -0.1) is 5.10 Å². The van der Waals surface area contributed by atoms with Gasteiger partial charge in [-0.2, -0.15) is 18.3 Å². The van der Waals surface area contributed by atoms with Crippen LogP contribution in [0.15, 0.2) is 42.5 Å². The smallest absolute Gasteiger partial charge is 0.388 e. The Labute approximate surface area is 107 Å². The molecular weight excluding hydrogens is 257 g/mol. The molecule has 6 heteroatoms. The number of nitrogens with zero attached hydrogens (tertiary/aromatic N) is 2. The summed E-state index contributed by atoms with van der Waals surface area (Å²) in [4.78, 5) is 0. The van der Waals surface area contributed by atoms with Crippen molar-refractivity contribution in [3.8, 4) is 0 Å². The molecule has 100 valence electrons. The van der Waals surface area contributed by atoms with E-state index in [2.05, 4.69) is 10.2 Å². The summed E-state index contributed by atoms with van der Waals surface area (Å²) in [5.74, 6) is 0. The van der Waals surface area contributed by atoms with E-state index in [4.69, 9.17) is 0 Å². The summed E-state index contributed by atoms with van der Waals surface area (Å²) >= 11 is 0. The maximum atomic E-state index is 12.3. The van der Waals surface area contributed by atoms with Crippen molar-refractivity contribution < 1.29 is 18.3 Å². The van der Waals surface area contributed by atoms with Crippen molar-refractivity contribution in [3.63, 3.8) is 0 Å². The van der Waals surface area contributed by atoms with Crippen LogP contribution in [0.25, 0.3) is 0 Å². The van der Waals surface area contributed by atoms with Crippen LogP contribution in [0.5, 0.6) is 0 Å². The third-order valence-corrected chi connectivity index (χ3v) is 2.60. The first-order chi connectivity index (χ1) is 8.97. The molecule has 0 aliphatic carbocycles. The summed E-state index contributed by atoms with van der Waals surface area (Å²) in [6.07, 6.45) is -5.19. The van der Waals surface area contributed by atoms with Crippen molar-refractivity contribution >= 4 is 0 Å². The van der Waals surface area contributed by atoms with Gasteiger partial charge in [0, 0.05) is 6.42 Å². The molecule has 1 N–H and O–H groups in total. The zero-order valence-corrected chi connectivity index (χ0v) is 9.80. The van der Waals surface area contributed by atoms with Gasteiger partial charge in [0.25, 0.3) is 0 Å². The van der Waals surface area contributed by atoms with Crippen LogP contribution in [0, 0.1) is 0 Å². The maximum absolute atomic E-state index is 12.3. The molecule has 0 saturated carbocycles. The Hall–Kier alpha value is -1.95. The zero-order valence-electron chi connectivity index (χ0n) is 9.80. The Morgan fingerprint density at radius 3 is 2.21 bits per heavy atom. The summed E-state index contributed by atoms with van der Waals surface area (Å²) < 4.78 is 36.9. The molecular formula is C13H11F3N2O. The maximum Gasteiger partial charge on any atom is 0.435 e. The molecule has 2 aromatic rings. The second-order valence-electron chi connectivity index (χ2n) is 4.04. The Balaban J connectivity index is 2.08. The molecule has 0 aliphatic rings. The van der Waals surface area contributed by atoms with Gasteiger partial charge in [0.05, 0.1) is 11.8 Å². The number of halogens is 3. The van der Waals surface area contributed by atoms with Gasteiger partial charge in [0.2, 0.25) is 0 Å². The second kappa shape index (κ2) is 5.36. The van der Waals surface area contributed by atoms with Gasteiger partial charge in [-0.25, -0.2) is 0 Å². The molecule has 1 atom stereocenters. The molecule has 3 nitrogen and oxygen atoms in total. The third kappa shape index (κ3) is 3.51. The van der Waals surface area contributed by atoms with Crippen LogP contribution in [0.3, 0.4) is 0 Å². The molecule has 0 bridgehead atoms. The SMILES string of the molecule is OC(Cc1ccc(C(F)(F)F)nn1)c1ccccc1. The lowest BCUT2D eigenvalue weighted by atomic mass is 10.0. The van der Waals surface area contributed by atoms with Gasteiger partial charge < -0.3 is 5.11 Å². The monoisotopic (exact) mass is 268 g/mol. The van der Waals surface area contributed by atoms with E-state index in [1.807, 2.05) is 6.07 Å². The lowest BCUT2D eigenvalue weighted by Gasteiger charge is -2.10. The predicted molar refractivity (Wildman–Crippen MR) is 62.1 cm³/mol. The van der Waals surface area contributed by atoms with E-state index in [1.54, 1.807) is 24.3 Å². The minimum Gasteiger partial charge on any atom is -0.388 e. The summed E-state index contributed by atoms with van der Waals surface area (Å²) in [5, 5.41) is 16.5. The summed E-state index contributed by atoms with van der Waals surface area (Å²) in [6.45, 7) is 0. The molecule has 1 unspecified atom stereocenters. The highest BCUT2D eigenvalue weighted by atomic mass is 19.4. The van der Waals surface area contributed by atoms with Crippen LogP contribution in [0.1, 0.15) is 23.1 Å². The number of rotatable bonds is 3. The number of hydrogen-bond acceptors (Lipinski definition) is 3. The average Bonchev–Trinajstić information content (AvgIpc) is 2.39. The van der Waals surface area contributed by atoms with Crippen molar-refractivity contribution in [1.29, 1.82) is 0 Å². The quantitative estimate of drug-likeness (QED) is 0.931. The standard InChI is InChI=1S/C13H11F3N2O/c14-13(15,16)12-7-6-10(17-18-12)8-11(19)9-4-2-1-3-5-9/h1-7,11,19H,8H2. The minimum absolute atomic E-state index is 0.120. The van der Waals surface area contributed by atoms with E-state index in [-0.39, 0.29) is 6.42 Å². The van der Waals surface area contributed by atoms with Crippen molar-refractivity contribution in [2.75, 3.05) is 0 Å². The fourth-order valence-corrected chi connectivity index (χ4v) is 1.61. The summed E-state index contributed by atoms with van der Waals surface area (Å²) in [5.41, 5.74) is -0.0426. The number of aliphatic hydroxyl groups is 1. The van der Waals surface area contributed by atoms with Crippen molar-refractivity contribution in [3.05, 3.63) is 59.4 Å². The molecule has 1 heterocycles. The largest absolute Gasteiger partial charge is 0.435 e. The van der Waals surface area contributed by atoms with Gasteiger partial charge in [0.1, 0.15) is 0 Å². The number of aromatic nitrogens is 2. The molecule has 0 saturated heterocycles. The molecule has 0 radical (unpaired) electrons. The van der Waals surface area contributed by atoms with Crippen molar-refractivity contribution in [2.45, 2.75) is 18.7 Å². The predicted octanol–water partition coefficient (Wildman–Crippen LogP) is 2.77. The highest BCUT2D eigenvalue weighted by Crippen LogP contribution is 2.27. The molecule has 0 amide bonds. The van der Waals surface area contributed by atoms with E-state index in [0.29, 0.717) is 11.3 Å². The fourth-order valence-electron chi connectivity index (χ4n) is 1.61. The lowest BCUT2D eigenvalue weighted by Crippen LogP contribution is -2.11. The van der Waals surface area contributed by atoms with Gasteiger partial charge in [-0.1, -0.05) is 30.3 Å². The van der Waals surface area contributed by atoms with Crippen molar-refractivity contribution in [2.24, 2.45) is 0 Å². The lowest BCUT2D eigenvalue weighted by molar-refractivity contribution is -0.141. The van der Waals surface area contributed by atoms with Crippen LogP contribution < -0.4 is 0 Å². The van der Waals surface area contributed by atoms with Gasteiger partial charge >= 0.3 is 6.18 Å². The molecule has 19 heavy (non-hydrogen) atoms. The van der Waals surface area contributed by atoms with Crippen LogP contribution in [0.2, 0.25) is 0 Å². The second-order valence-corrected chi connectivity index (χ2v) is 4.04. The first-order valence-electron chi connectivity index (χ1n) is 5.59. The molecule has 0 spiro atoms. The minimum atomic E-state index is -4.50. The fraction of sp³-hybridized carbons (Fsp3) is 0.231. The third-order valence-electron chi connectivity index (χ3n) is 2.60.